The summed E-state index contributed by atoms with van der Waals surface area (Å²) in [4.78, 5) is 9.00. The molecule has 9 nitrogen and oxygen atoms in total. The summed E-state index contributed by atoms with van der Waals surface area (Å²) in [6.07, 6.45) is 0.536. The smallest absolute Gasteiger partial charge is 0.264 e. The number of fused-ring (bicyclic) bond motifs is 1. The van der Waals surface area contributed by atoms with Gasteiger partial charge in [-0.05, 0) is 30.3 Å². The average Bonchev–Trinajstić information content (AvgIpc) is 3.28. The fourth-order valence-electron chi connectivity index (χ4n) is 2.93. The highest BCUT2D eigenvalue weighted by Crippen LogP contribution is 2.35. The fourth-order valence-corrected chi connectivity index (χ4v) is 6.14. The van der Waals surface area contributed by atoms with Crippen LogP contribution in [0.25, 0.3) is 22.4 Å². The number of anilines is 2. The third-order valence-corrected chi connectivity index (χ3v) is 7.50. The maximum atomic E-state index is 12.6. The van der Waals surface area contributed by atoms with Crippen molar-refractivity contribution < 1.29 is 13.2 Å². The van der Waals surface area contributed by atoms with Crippen LogP contribution in [-0.4, -0.2) is 42.3 Å². The first-order chi connectivity index (χ1) is 14.8. The second kappa shape index (κ2) is 8.60. The number of nitrogen functional groups attached to an aromatic ring is 1. The van der Waals surface area contributed by atoms with Crippen LogP contribution in [0.5, 0.6) is 0 Å². The third kappa shape index (κ3) is 4.46. The number of nitrogens with zero attached hydrogens (tertiary/aromatic N) is 3. The van der Waals surface area contributed by atoms with Gasteiger partial charge in [0.25, 0.3) is 10.0 Å². The summed E-state index contributed by atoms with van der Waals surface area (Å²) in [7, 11) is -2.27. The molecule has 3 heterocycles. The summed E-state index contributed by atoms with van der Waals surface area (Å²) in [6, 6.07) is 7.94. The molecule has 0 amide bonds. The van der Waals surface area contributed by atoms with Gasteiger partial charge < -0.3 is 10.5 Å². The Labute approximate surface area is 191 Å². The minimum Gasteiger partial charge on any atom is -0.384 e. The summed E-state index contributed by atoms with van der Waals surface area (Å²) >= 11 is 12.8. The molecule has 162 valence electrons. The van der Waals surface area contributed by atoms with Crippen LogP contribution in [0.1, 0.15) is 5.69 Å². The first kappa shape index (κ1) is 21.8. The van der Waals surface area contributed by atoms with Crippen molar-refractivity contribution in [1.29, 1.82) is 0 Å². The monoisotopic (exact) mass is 498 g/mol. The van der Waals surface area contributed by atoms with Gasteiger partial charge in [-0.3, -0.25) is 9.82 Å². The number of sulfonamides is 1. The predicted molar refractivity (Wildman–Crippen MR) is 122 cm³/mol. The van der Waals surface area contributed by atoms with Gasteiger partial charge in [-0.15, -0.1) is 11.3 Å². The number of thiophene rings is 1. The van der Waals surface area contributed by atoms with E-state index < -0.39 is 10.0 Å². The van der Waals surface area contributed by atoms with Crippen molar-refractivity contribution in [2.24, 2.45) is 0 Å². The standard InChI is InChI=1S/C18H16Cl2N6O3S2/c1-29-7-6-11-14-16(21)24-25-18(14)23-17(22-11)9-2-4-10(5-3-9)26-31(27,28)12-8-13(19)30-15(12)20/h2-5,8,26H,6-7H2,1H3,(H3,21,22,23,24,25). The molecule has 0 aliphatic rings. The minimum absolute atomic E-state index is 0.0686. The molecule has 0 saturated heterocycles. The zero-order valence-corrected chi connectivity index (χ0v) is 19.2. The van der Waals surface area contributed by atoms with Crippen molar-refractivity contribution in [3.8, 4) is 11.4 Å². The van der Waals surface area contributed by atoms with Gasteiger partial charge in [0, 0.05) is 24.8 Å². The van der Waals surface area contributed by atoms with E-state index in [0.29, 0.717) is 52.6 Å². The van der Waals surface area contributed by atoms with Crippen molar-refractivity contribution >= 4 is 67.1 Å². The largest absolute Gasteiger partial charge is 0.384 e. The van der Waals surface area contributed by atoms with Crippen LogP contribution in [-0.2, 0) is 21.2 Å². The van der Waals surface area contributed by atoms with E-state index in [9.17, 15) is 8.42 Å². The summed E-state index contributed by atoms with van der Waals surface area (Å²) in [5.74, 6) is 0.830. The number of H-pyrrole nitrogens is 1. The molecule has 3 aromatic heterocycles. The zero-order chi connectivity index (χ0) is 22.2. The van der Waals surface area contributed by atoms with E-state index in [0.717, 1.165) is 11.3 Å². The van der Waals surface area contributed by atoms with E-state index in [4.69, 9.17) is 33.7 Å². The Balaban J connectivity index is 1.64. The summed E-state index contributed by atoms with van der Waals surface area (Å²) < 4.78 is 33.2. The Morgan fingerprint density at radius 3 is 2.61 bits per heavy atom. The van der Waals surface area contributed by atoms with E-state index in [1.165, 1.54) is 6.07 Å². The van der Waals surface area contributed by atoms with Crippen LogP contribution in [0, 0.1) is 0 Å². The van der Waals surface area contributed by atoms with Crippen LogP contribution in [0.3, 0.4) is 0 Å². The van der Waals surface area contributed by atoms with Crippen molar-refractivity contribution in [3.05, 3.63) is 44.7 Å². The van der Waals surface area contributed by atoms with Crippen molar-refractivity contribution in [2.45, 2.75) is 11.3 Å². The van der Waals surface area contributed by atoms with Crippen LogP contribution in [0.4, 0.5) is 11.5 Å². The highest BCUT2D eigenvalue weighted by atomic mass is 35.5. The van der Waals surface area contributed by atoms with E-state index in [2.05, 4.69) is 24.9 Å². The lowest BCUT2D eigenvalue weighted by Crippen LogP contribution is -2.12. The Hall–Kier alpha value is -2.44. The second-order valence-electron chi connectivity index (χ2n) is 6.44. The molecular weight excluding hydrogens is 483 g/mol. The summed E-state index contributed by atoms with van der Waals surface area (Å²) in [5.41, 5.74) is 8.15. The zero-order valence-electron chi connectivity index (χ0n) is 16.0. The van der Waals surface area contributed by atoms with Crippen molar-refractivity contribution in [1.82, 2.24) is 20.2 Å². The number of hydrogen-bond acceptors (Lipinski definition) is 8. The summed E-state index contributed by atoms with van der Waals surface area (Å²) in [5, 5.41) is 7.51. The molecule has 0 aliphatic heterocycles. The molecule has 4 aromatic rings. The lowest BCUT2D eigenvalue weighted by Gasteiger charge is -2.09. The molecule has 13 heteroatoms. The first-order valence-corrected chi connectivity index (χ1v) is 11.9. The van der Waals surface area contributed by atoms with Gasteiger partial charge in [-0.2, -0.15) is 5.10 Å². The average molecular weight is 499 g/mol. The molecule has 0 spiro atoms. The Bertz CT molecular complexity index is 1350. The highest BCUT2D eigenvalue weighted by Gasteiger charge is 2.21. The van der Waals surface area contributed by atoms with E-state index in [1.807, 2.05) is 0 Å². The SMILES string of the molecule is COCCc1nc(-c2ccc(NS(=O)(=O)c3cc(Cl)sc3Cl)cc2)nc2n[nH]c(N)c12. The molecule has 0 bridgehead atoms. The number of nitrogens with two attached hydrogens (primary N) is 1. The Morgan fingerprint density at radius 2 is 1.97 bits per heavy atom. The van der Waals surface area contributed by atoms with Crippen molar-refractivity contribution in [2.75, 3.05) is 24.2 Å². The topological polar surface area (TPSA) is 136 Å². The molecule has 0 aliphatic carbocycles. The van der Waals surface area contributed by atoms with Crippen molar-refractivity contribution in [3.63, 3.8) is 0 Å². The van der Waals surface area contributed by atoms with Gasteiger partial charge in [0.2, 0.25) is 0 Å². The molecule has 31 heavy (non-hydrogen) atoms. The van der Waals surface area contributed by atoms with Crippen LogP contribution in [0.15, 0.2) is 35.2 Å². The number of rotatable bonds is 7. The number of benzene rings is 1. The van der Waals surface area contributed by atoms with E-state index in [-0.39, 0.29) is 13.6 Å². The third-order valence-electron chi connectivity index (χ3n) is 4.37. The van der Waals surface area contributed by atoms with Gasteiger partial charge >= 0.3 is 0 Å². The minimum atomic E-state index is -3.87. The quantitative estimate of drug-likeness (QED) is 0.350. The van der Waals surface area contributed by atoms with Gasteiger partial charge in [0.1, 0.15) is 15.0 Å². The number of ether oxygens (including phenoxy) is 1. The molecular formula is C18H16Cl2N6O3S2. The van der Waals surface area contributed by atoms with Gasteiger partial charge in [0.05, 0.1) is 22.0 Å². The molecule has 0 unspecified atom stereocenters. The van der Waals surface area contributed by atoms with Crippen LogP contribution >= 0.6 is 34.5 Å². The van der Waals surface area contributed by atoms with Crippen LogP contribution in [0.2, 0.25) is 8.67 Å². The van der Waals surface area contributed by atoms with E-state index in [1.54, 1.807) is 31.4 Å². The second-order valence-corrected chi connectivity index (χ2v) is 10.4. The molecule has 4 rings (SSSR count). The normalized spacial score (nSPS) is 11.8. The Kier molecular flexibility index (Phi) is 6.04. The maximum absolute atomic E-state index is 12.6. The van der Waals surface area contributed by atoms with Gasteiger partial charge in [-0.1, -0.05) is 23.2 Å². The number of nitrogens with one attached hydrogen (secondary N) is 2. The molecule has 0 radical (unpaired) electrons. The lowest BCUT2D eigenvalue weighted by atomic mass is 10.1. The fraction of sp³-hybridized carbons (Fsp3) is 0.167. The first-order valence-electron chi connectivity index (χ1n) is 8.86. The molecule has 0 fully saturated rings. The molecule has 1 aromatic carbocycles. The molecule has 0 atom stereocenters. The van der Waals surface area contributed by atoms with E-state index >= 15 is 0 Å². The van der Waals surface area contributed by atoms with Gasteiger partial charge in [0.15, 0.2) is 11.5 Å². The Morgan fingerprint density at radius 1 is 1.23 bits per heavy atom. The number of hydrogen-bond donors (Lipinski definition) is 3. The highest BCUT2D eigenvalue weighted by molar-refractivity contribution is 7.93. The number of halogens is 2. The van der Waals surface area contributed by atoms with Crippen LogP contribution < -0.4 is 10.5 Å². The van der Waals surface area contributed by atoms with Gasteiger partial charge in [-0.25, -0.2) is 18.4 Å². The number of methoxy groups -OCH3 is 1. The summed E-state index contributed by atoms with van der Waals surface area (Å²) in [6.45, 7) is 0.464. The molecule has 0 saturated carbocycles. The lowest BCUT2D eigenvalue weighted by molar-refractivity contribution is 0.202. The number of aromatic nitrogens is 4. The molecule has 4 N–H and O–H groups in total. The number of aromatic amines is 1. The maximum Gasteiger partial charge on any atom is 0.264 e. The predicted octanol–water partition coefficient (Wildman–Crippen LogP) is 3.96.